The lowest BCUT2D eigenvalue weighted by atomic mass is 10.1. The molecule has 0 bridgehead atoms. The van der Waals surface area contributed by atoms with Crippen molar-refractivity contribution in [3.8, 4) is 11.6 Å². The average molecular weight is 584 g/mol. The fourth-order valence-corrected chi connectivity index (χ4v) is 5.76. The summed E-state index contributed by atoms with van der Waals surface area (Å²) in [6.07, 6.45) is 9.16. The normalized spacial score (nSPS) is 17.6. The Balaban J connectivity index is 1.24. The van der Waals surface area contributed by atoms with Gasteiger partial charge < -0.3 is 19.2 Å². The second-order valence-corrected chi connectivity index (χ2v) is 17.8. The summed E-state index contributed by atoms with van der Waals surface area (Å²) in [5, 5.41) is 9.34. The molecule has 0 atom stereocenters. The molecule has 1 saturated heterocycles. The number of aromatic nitrogens is 3. The molecule has 1 aliphatic carbocycles. The molecule has 220 valence electrons. The van der Waals surface area contributed by atoms with Crippen LogP contribution in [-0.2, 0) is 17.5 Å². The van der Waals surface area contributed by atoms with Crippen molar-refractivity contribution in [2.24, 2.45) is 5.16 Å². The lowest BCUT2D eigenvalue weighted by molar-refractivity contribution is 0.148. The van der Waals surface area contributed by atoms with E-state index in [4.69, 9.17) is 18.9 Å². The monoisotopic (exact) mass is 583 g/mol. The number of oxime groups is 1. The molecule has 1 aliphatic heterocycles. The number of rotatable bonds is 7. The molecule has 9 nitrogen and oxygen atoms in total. The van der Waals surface area contributed by atoms with Crippen LogP contribution < -0.4 is 5.32 Å². The molecular weight excluding hydrogens is 542 g/mol. The topological polar surface area (TPSA) is 91.9 Å². The molecule has 3 aromatic heterocycles. The minimum atomic E-state index is -1.96. The van der Waals surface area contributed by atoms with Gasteiger partial charge in [-0.1, -0.05) is 26.8 Å². The van der Waals surface area contributed by atoms with E-state index in [0.29, 0.717) is 17.2 Å². The van der Waals surface area contributed by atoms with Gasteiger partial charge in [-0.15, -0.1) is 5.16 Å². The number of furan rings is 1. The molecule has 4 heterocycles. The van der Waals surface area contributed by atoms with Crippen molar-refractivity contribution in [3.05, 3.63) is 65.7 Å². The van der Waals surface area contributed by atoms with Gasteiger partial charge in [-0.2, -0.15) is 0 Å². The molecule has 6 rings (SSSR count). The first-order chi connectivity index (χ1) is 20.1. The standard InChI is InChI=1S/C32H41N7O2Si/c1-32(2,3)42(5,6)41-37-27-10-7-23-17-24(8-9-25(23)27)36-29-26-11-12-33-20-28(26)40-30(29)31-34-18-22(19-35-31)21-39-15-13-38(4)14-16-39/h8-9,11-12,17-20,36H,7,10,13-16,21H2,1-6H3. The molecule has 10 heteroatoms. The molecule has 2 aliphatic rings. The molecule has 0 amide bonds. The fraction of sp³-hybridized carbons (Fsp3) is 0.438. The fourth-order valence-electron chi connectivity index (χ4n) is 5.14. The van der Waals surface area contributed by atoms with E-state index >= 15 is 0 Å². The van der Waals surface area contributed by atoms with E-state index < -0.39 is 8.32 Å². The Labute approximate surface area is 249 Å². The Morgan fingerprint density at radius 2 is 1.79 bits per heavy atom. The van der Waals surface area contributed by atoms with E-state index in [1.807, 2.05) is 18.5 Å². The third-order valence-corrected chi connectivity index (χ3v) is 13.1. The average Bonchev–Trinajstić information content (AvgIpc) is 3.54. The second kappa shape index (κ2) is 11.2. The van der Waals surface area contributed by atoms with Crippen LogP contribution in [-0.4, -0.2) is 72.0 Å². The molecular formula is C32H41N7O2Si. The van der Waals surface area contributed by atoms with E-state index in [9.17, 15) is 0 Å². The van der Waals surface area contributed by atoms with Gasteiger partial charge in [0.25, 0.3) is 8.32 Å². The molecule has 0 spiro atoms. The van der Waals surface area contributed by atoms with Crippen LogP contribution in [0.25, 0.3) is 22.6 Å². The number of nitrogens with one attached hydrogen (secondary N) is 1. The highest BCUT2D eigenvalue weighted by Gasteiger charge is 2.40. The lowest BCUT2D eigenvalue weighted by Gasteiger charge is -2.33. The quantitative estimate of drug-likeness (QED) is 0.196. The summed E-state index contributed by atoms with van der Waals surface area (Å²) in [7, 11) is 0.209. The van der Waals surface area contributed by atoms with Crippen molar-refractivity contribution in [1.82, 2.24) is 24.8 Å². The van der Waals surface area contributed by atoms with Gasteiger partial charge in [0.2, 0.25) is 0 Å². The van der Waals surface area contributed by atoms with Gasteiger partial charge in [-0.3, -0.25) is 9.88 Å². The highest BCUT2D eigenvalue weighted by Crippen LogP contribution is 2.40. The van der Waals surface area contributed by atoms with Crippen molar-refractivity contribution < 1.29 is 8.94 Å². The summed E-state index contributed by atoms with van der Waals surface area (Å²) in [6, 6.07) is 8.40. The van der Waals surface area contributed by atoms with Gasteiger partial charge in [0, 0.05) is 73.5 Å². The van der Waals surface area contributed by atoms with Crippen LogP contribution in [0, 0.1) is 0 Å². The smallest absolute Gasteiger partial charge is 0.286 e. The summed E-state index contributed by atoms with van der Waals surface area (Å²) < 4.78 is 12.5. The van der Waals surface area contributed by atoms with Crippen LogP contribution in [0.15, 0.2) is 58.6 Å². The maximum atomic E-state index is 6.26. The highest BCUT2D eigenvalue weighted by atomic mass is 28.4. The van der Waals surface area contributed by atoms with Crippen molar-refractivity contribution in [1.29, 1.82) is 0 Å². The maximum Gasteiger partial charge on any atom is 0.286 e. The summed E-state index contributed by atoms with van der Waals surface area (Å²) in [5.41, 5.74) is 7.08. The SMILES string of the molecule is CN1CCN(Cc2cnc(-c3oc4cnccc4c3Nc3ccc4c(c3)CCC4=NO[Si](C)(C)C(C)(C)C)nc2)CC1. The Hall–Kier alpha value is -3.60. The van der Waals surface area contributed by atoms with Gasteiger partial charge in [0.1, 0.15) is 0 Å². The van der Waals surface area contributed by atoms with E-state index in [1.165, 1.54) is 11.1 Å². The number of nitrogens with zero attached hydrogens (tertiary/aromatic N) is 6. The Bertz CT molecular complexity index is 1600. The Morgan fingerprint density at radius 1 is 1.02 bits per heavy atom. The van der Waals surface area contributed by atoms with Crippen LogP contribution in [0.2, 0.25) is 18.1 Å². The Kier molecular flexibility index (Phi) is 7.63. The first-order valence-electron chi connectivity index (χ1n) is 14.8. The number of anilines is 2. The predicted molar refractivity (Wildman–Crippen MR) is 171 cm³/mol. The molecule has 1 fully saturated rings. The van der Waals surface area contributed by atoms with E-state index in [1.54, 1.807) is 12.4 Å². The Morgan fingerprint density at radius 3 is 2.52 bits per heavy atom. The first-order valence-corrected chi connectivity index (χ1v) is 17.7. The van der Waals surface area contributed by atoms with E-state index in [0.717, 1.165) is 73.6 Å². The van der Waals surface area contributed by atoms with Crippen LogP contribution in [0.4, 0.5) is 11.4 Å². The van der Waals surface area contributed by atoms with Crippen molar-refractivity contribution in [2.45, 2.75) is 58.3 Å². The molecule has 42 heavy (non-hydrogen) atoms. The summed E-state index contributed by atoms with van der Waals surface area (Å²) in [5.74, 6) is 1.16. The molecule has 4 aromatic rings. The molecule has 0 unspecified atom stereocenters. The van der Waals surface area contributed by atoms with E-state index in [-0.39, 0.29) is 5.04 Å². The zero-order valence-electron chi connectivity index (χ0n) is 25.6. The third-order valence-electron chi connectivity index (χ3n) is 8.91. The number of benzene rings is 1. The zero-order valence-corrected chi connectivity index (χ0v) is 26.6. The largest absolute Gasteiger partial charge is 0.455 e. The first kappa shape index (κ1) is 28.5. The van der Waals surface area contributed by atoms with Crippen molar-refractivity contribution in [3.63, 3.8) is 0 Å². The minimum Gasteiger partial charge on any atom is -0.455 e. The zero-order chi connectivity index (χ0) is 29.5. The second-order valence-electron chi connectivity index (χ2n) is 13.1. The van der Waals surface area contributed by atoms with Gasteiger partial charge in [0.15, 0.2) is 17.2 Å². The summed E-state index contributed by atoms with van der Waals surface area (Å²) in [6.45, 7) is 16.3. The van der Waals surface area contributed by atoms with Gasteiger partial charge >= 0.3 is 0 Å². The number of piperazine rings is 1. The van der Waals surface area contributed by atoms with Crippen LogP contribution in [0.1, 0.15) is 43.9 Å². The van der Waals surface area contributed by atoms with Crippen LogP contribution in [0.5, 0.6) is 0 Å². The van der Waals surface area contributed by atoms with Crippen molar-refractivity contribution >= 4 is 36.4 Å². The number of pyridine rings is 1. The predicted octanol–water partition coefficient (Wildman–Crippen LogP) is 6.45. The van der Waals surface area contributed by atoms with Gasteiger partial charge in [0.05, 0.1) is 17.6 Å². The molecule has 1 aromatic carbocycles. The van der Waals surface area contributed by atoms with Crippen LogP contribution in [0.3, 0.4) is 0 Å². The number of aryl methyl sites for hydroxylation is 1. The maximum absolute atomic E-state index is 6.26. The molecule has 1 N–H and O–H groups in total. The summed E-state index contributed by atoms with van der Waals surface area (Å²) >= 11 is 0. The van der Waals surface area contributed by atoms with Gasteiger partial charge in [-0.05, 0) is 61.8 Å². The van der Waals surface area contributed by atoms with E-state index in [2.05, 4.69) is 84.4 Å². The number of hydrogen-bond acceptors (Lipinski definition) is 9. The minimum absolute atomic E-state index is 0.113. The van der Waals surface area contributed by atoms with Crippen molar-refractivity contribution in [2.75, 3.05) is 38.5 Å². The third kappa shape index (κ3) is 5.84. The molecule has 0 radical (unpaired) electrons. The highest BCUT2D eigenvalue weighted by molar-refractivity contribution is 6.74. The lowest BCUT2D eigenvalue weighted by Crippen LogP contribution is -2.43. The molecule has 0 saturated carbocycles. The summed E-state index contributed by atoms with van der Waals surface area (Å²) in [4.78, 5) is 18.5. The van der Waals surface area contributed by atoms with Crippen LogP contribution >= 0.6 is 0 Å². The number of hydrogen-bond donors (Lipinski definition) is 1. The number of fused-ring (bicyclic) bond motifs is 2. The number of likely N-dealkylation sites (N-methyl/N-ethyl adjacent to an activating group) is 1. The van der Waals surface area contributed by atoms with Gasteiger partial charge in [-0.25, -0.2) is 9.97 Å².